The first-order chi connectivity index (χ1) is 8.96. The molecule has 0 unspecified atom stereocenters. The first-order valence-electron chi connectivity index (χ1n) is 6.36. The third-order valence-electron chi connectivity index (χ3n) is 4.04. The number of carbonyl (C=O) groups is 2. The monoisotopic (exact) mass is 278 g/mol. The summed E-state index contributed by atoms with van der Waals surface area (Å²) in [5, 5.41) is 0. The van der Waals surface area contributed by atoms with Crippen molar-refractivity contribution in [2.45, 2.75) is 31.8 Å². The third kappa shape index (κ3) is 2.54. The molecule has 0 saturated carbocycles. The van der Waals surface area contributed by atoms with E-state index in [1.54, 1.807) is 18.7 Å². The first-order valence-corrected chi connectivity index (χ1v) is 7.34. The van der Waals surface area contributed by atoms with Crippen molar-refractivity contribution in [3.63, 3.8) is 0 Å². The standard InChI is InChI=1S/C15H18O3S/c1-10-13(9-19-12-7-5-4-6-8-12)18-14(17)15(10,3)11(2)16/h4-8,10,13H,9H2,1-3H3/t10-,13+,15+/m1/s1. The van der Waals surface area contributed by atoms with E-state index in [0.29, 0.717) is 5.75 Å². The van der Waals surface area contributed by atoms with E-state index in [0.717, 1.165) is 4.90 Å². The van der Waals surface area contributed by atoms with E-state index in [4.69, 9.17) is 4.74 Å². The number of rotatable bonds is 4. The Morgan fingerprint density at radius 1 is 1.37 bits per heavy atom. The van der Waals surface area contributed by atoms with Gasteiger partial charge in [-0.05, 0) is 26.0 Å². The highest BCUT2D eigenvalue weighted by Gasteiger charge is 2.54. The van der Waals surface area contributed by atoms with Gasteiger partial charge < -0.3 is 4.74 Å². The molecule has 0 aliphatic carbocycles. The average Bonchev–Trinajstić information content (AvgIpc) is 2.63. The van der Waals surface area contributed by atoms with Crippen molar-refractivity contribution in [3.05, 3.63) is 30.3 Å². The summed E-state index contributed by atoms with van der Waals surface area (Å²) in [5.41, 5.74) is -0.984. The van der Waals surface area contributed by atoms with Crippen LogP contribution in [-0.4, -0.2) is 23.6 Å². The molecule has 1 aliphatic heterocycles. The number of benzene rings is 1. The smallest absolute Gasteiger partial charge is 0.320 e. The molecule has 3 nitrogen and oxygen atoms in total. The third-order valence-corrected chi connectivity index (χ3v) is 5.14. The lowest BCUT2D eigenvalue weighted by Gasteiger charge is -2.22. The van der Waals surface area contributed by atoms with E-state index in [1.165, 1.54) is 6.92 Å². The summed E-state index contributed by atoms with van der Waals surface area (Å²) in [5.74, 6) is 0.0943. The Bertz CT molecular complexity index is 485. The lowest BCUT2D eigenvalue weighted by Crippen LogP contribution is -2.37. The van der Waals surface area contributed by atoms with Crippen LogP contribution in [-0.2, 0) is 14.3 Å². The van der Waals surface area contributed by atoms with Crippen LogP contribution in [0.15, 0.2) is 35.2 Å². The number of cyclic esters (lactones) is 1. The van der Waals surface area contributed by atoms with Crippen molar-refractivity contribution in [3.8, 4) is 0 Å². The molecular formula is C15H18O3S. The zero-order chi connectivity index (χ0) is 14.0. The van der Waals surface area contributed by atoms with Crippen molar-refractivity contribution in [2.75, 3.05) is 5.75 Å². The van der Waals surface area contributed by atoms with E-state index >= 15 is 0 Å². The molecule has 1 aromatic carbocycles. The molecule has 0 amide bonds. The van der Waals surface area contributed by atoms with Crippen LogP contribution in [0.4, 0.5) is 0 Å². The maximum absolute atomic E-state index is 11.9. The number of carbonyl (C=O) groups excluding carboxylic acids is 2. The maximum Gasteiger partial charge on any atom is 0.320 e. The first kappa shape index (κ1) is 14.1. The highest BCUT2D eigenvalue weighted by Crippen LogP contribution is 2.41. The summed E-state index contributed by atoms with van der Waals surface area (Å²) in [7, 11) is 0. The molecule has 0 spiro atoms. The summed E-state index contributed by atoms with van der Waals surface area (Å²) in [6.45, 7) is 5.07. The van der Waals surface area contributed by atoms with Crippen LogP contribution in [0.3, 0.4) is 0 Å². The highest BCUT2D eigenvalue weighted by molar-refractivity contribution is 7.99. The van der Waals surface area contributed by atoms with Gasteiger partial charge in [0.25, 0.3) is 0 Å². The van der Waals surface area contributed by atoms with Gasteiger partial charge in [0.05, 0.1) is 0 Å². The molecule has 1 aliphatic rings. The van der Waals surface area contributed by atoms with E-state index in [9.17, 15) is 9.59 Å². The van der Waals surface area contributed by atoms with Gasteiger partial charge in [-0.1, -0.05) is 25.1 Å². The van der Waals surface area contributed by atoms with E-state index < -0.39 is 5.41 Å². The molecule has 0 radical (unpaired) electrons. The van der Waals surface area contributed by atoms with Crippen molar-refractivity contribution >= 4 is 23.5 Å². The van der Waals surface area contributed by atoms with Crippen LogP contribution in [0.1, 0.15) is 20.8 Å². The number of esters is 1. The molecule has 102 valence electrons. The van der Waals surface area contributed by atoms with E-state index in [2.05, 4.69) is 0 Å². The summed E-state index contributed by atoms with van der Waals surface area (Å²) >= 11 is 1.65. The van der Waals surface area contributed by atoms with Crippen LogP contribution in [0.5, 0.6) is 0 Å². The number of Topliss-reactive ketones (excluding diaryl/α,β-unsaturated/α-hetero) is 1. The Morgan fingerprint density at radius 3 is 2.53 bits per heavy atom. The van der Waals surface area contributed by atoms with Gasteiger partial charge in [0.1, 0.15) is 17.3 Å². The number of hydrogen-bond donors (Lipinski definition) is 0. The fraction of sp³-hybridized carbons (Fsp3) is 0.467. The Hall–Kier alpha value is -1.29. The Morgan fingerprint density at radius 2 is 2.00 bits per heavy atom. The second-order valence-electron chi connectivity index (χ2n) is 5.12. The Kier molecular flexibility index (Phi) is 3.99. The lowest BCUT2D eigenvalue weighted by molar-refractivity contribution is -0.151. The molecule has 3 atom stereocenters. The molecular weight excluding hydrogens is 260 g/mol. The quantitative estimate of drug-likeness (QED) is 0.482. The second kappa shape index (κ2) is 5.37. The number of ketones is 1. The fourth-order valence-electron chi connectivity index (χ4n) is 2.26. The molecule has 19 heavy (non-hydrogen) atoms. The topological polar surface area (TPSA) is 43.4 Å². The van der Waals surface area contributed by atoms with E-state index in [1.807, 2.05) is 37.3 Å². The van der Waals surface area contributed by atoms with Gasteiger partial charge in [-0.15, -0.1) is 11.8 Å². The predicted octanol–water partition coefficient (Wildman–Crippen LogP) is 2.94. The molecule has 4 heteroatoms. The van der Waals surface area contributed by atoms with Gasteiger partial charge in [0.2, 0.25) is 0 Å². The number of hydrogen-bond acceptors (Lipinski definition) is 4. The minimum absolute atomic E-state index is 0.0892. The molecule has 2 rings (SSSR count). The minimum atomic E-state index is -0.984. The summed E-state index contributed by atoms with van der Waals surface area (Å²) in [4.78, 5) is 24.8. The molecule has 0 N–H and O–H groups in total. The largest absolute Gasteiger partial charge is 0.460 e. The predicted molar refractivity (Wildman–Crippen MR) is 75.0 cm³/mol. The van der Waals surface area contributed by atoms with Gasteiger partial charge in [0, 0.05) is 16.6 Å². The Labute approximate surface area is 117 Å². The highest BCUT2D eigenvalue weighted by atomic mass is 32.2. The Balaban J connectivity index is 2.04. The normalized spacial score (nSPS) is 30.2. The molecule has 0 bridgehead atoms. The van der Waals surface area contributed by atoms with Crippen LogP contribution in [0, 0.1) is 11.3 Å². The summed E-state index contributed by atoms with van der Waals surface area (Å²) in [6.07, 6.45) is -0.202. The van der Waals surface area contributed by atoms with Crippen LogP contribution < -0.4 is 0 Å². The van der Waals surface area contributed by atoms with Gasteiger partial charge >= 0.3 is 5.97 Å². The van der Waals surface area contributed by atoms with Crippen molar-refractivity contribution in [2.24, 2.45) is 11.3 Å². The zero-order valence-corrected chi connectivity index (χ0v) is 12.2. The molecule has 0 aromatic heterocycles. The SMILES string of the molecule is CC(=O)[C@@]1(C)C(=O)O[C@@H](CSc2ccccc2)[C@H]1C. The molecule has 1 saturated heterocycles. The number of ether oxygens (including phenoxy) is 1. The summed E-state index contributed by atoms with van der Waals surface area (Å²) in [6, 6.07) is 9.97. The van der Waals surface area contributed by atoms with Gasteiger partial charge in [0.15, 0.2) is 0 Å². The van der Waals surface area contributed by atoms with Crippen LogP contribution in [0.25, 0.3) is 0 Å². The van der Waals surface area contributed by atoms with Crippen LogP contribution in [0.2, 0.25) is 0 Å². The second-order valence-corrected chi connectivity index (χ2v) is 6.21. The lowest BCUT2D eigenvalue weighted by atomic mass is 9.75. The van der Waals surface area contributed by atoms with Gasteiger partial charge in [-0.2, -0.15) is 0 Å². The van der Waals surface area contributed by atoms with E-state index in [-0.39, 0.29) is 23.8 Å². The molecule has 1 heterocycles. The fourth-order valence-corrected chi connectivity index (χ4v) is 3.32. The maximum atomic E-state index is 11.9. The van der Waals surface area contributed by atoms with Gasteiger partial charge in [-0.3, -0.25) is 9.59 Å². The van der Waals surface area contributed by atoms with Crippen molar-refractivity contribution in [1.82, 2.24) is 0 Å². The zero-order valence-electron chi connectivity index (χ0n) is 11.4. The van der Waals surface area contributed by atoms with Gasteiger partial charge in [-0.25, -0.2) is 0 Å². The molecule has 1 fully saturated rings. The van der Waals surface area contributed by atoms with Crippen LogP contribution >= 0.6 is 11.8 Å². The van der Waals surface area contributed by atoms with Crippen molar-refractivity contribution in [1.29, 1.82) is 0 Å². The number of thioether (sulfide) groups is 1. The summed E-state index contributed by atoms with van der Waals surface area (Å²) < 4.78 is 5.39. The minimum Gasteiger partial charge on any atom is -0.460 e. The average molecular weight is 278 g/mol. The van der Waals surface area contributed by atoms with Crippen molar-refractivity contribution < 1.29 is 14.3 Å². The molecule has 1 aromatic rings.